The second-order valence-corrected chi connectivity index (χ2v) is 5.68. The van der Waals surface area contributed by atoms with Crippen molar-refractivity contribution >= 4 is 27.7 Å². The van der Waals surface area contributed by atoms with Crippen LogP contribution in [0.15, 0.2) is 53.0 Å². The van der Waals surface area contributed by atoms with Crippen LogP contribution in [-0.2, 0) is 16.0 Å². The number of methoxy groups -OCH3 is 1. The summed E-state index contributed by atoms with van der Waals surface area (Å²) >= 11 is 3.31. The van der Waals surface area contributed by atoms with Crippen LogP contribution in [0.25, 0.3) is 0 Å². The van der Waals surface area contributed by atoms with Crippen molar-refractivity contribution in [2.24, 2.45) is 0 Å². The molecule has 0 amide bonds. The average molecular weight is 372 g/mol. The summed E-state index contributed by atoms with van der Waals surface area (Å²) in [7, 11) is 1.28. The summed E-state index contributed by atoms with van der Waals surface area (Å²) in [5, 5.41) is 9.43. The van der Waals surface area contributed by atoms with E-state index in [2.05, 4.69) is 15.9 Å². The normalized spacial score (nSPS) is 11.3. The molecule has 2 rings (SSSR count). The van der Waals surface area contributed by atoms with Crippen LogP contribution in [0.5, 0.6) is 0 Å². The molecule has 23 heavy (non-hydrogen) atoms. The number of hydrogen-bond acceptors (Lipinski definition) is 4. The standard InChI is InChI=1S/C18H14BrNO3/c1-23-18(22)14-9-5-8-13(17(14)19)15(11-20)16(21)10-12-6-3-2-4-7-12/h2-9,15H,10H2,1H3. The fourth-order valence-electron chi connectivity index (χ4n) is 2.25. The van der Waals surface area contributed by atoms with Crippen molar-refractivity contribution in [3.8, 4) is 6.07 Å². The summed E-state index contributed by atoms with van der Waals surface area (Å²) in [6.07, 6.45) is 0.161. The van der Waals surface area contributed by atoms with Gasteiger partial charge in [-0.1, -0.05) is 42.5 Å². The lowest BCUT2D eigenvalue weighted by Gasteiger charge is -2.13. The van der Waals surface area contributed by atoms with Gasteiger partial charge in [0.1, 0.15) is 5.92 Å². The minimum Gasteiger partial charge on any atom is -0.465 e. The van der Waals surface area contributed by atoms with E-state index in [1.807, 2.05) is 36.4 Å². The molecule has 0 saturated heterocycles. The molecule has 0 aliphatic carbocycles. The van der Waals surface area contributed by atoms with E-state index in [0.717, 1.165) is 5.56 Å². The molecule has 0 N–H and O–H groups in total. The summed E-state index contributed by atoms with van der Waals surface area (Å²) in [5.41, 5.74) is 1.60. The van der Waals surface area contributed by atoms with Crippen LogP contribution in [-0.4, -0.2) is 18.9 Å². The number of carbonyl (C=O) groups excluding carboxylic acids is 2. The maximum Gasteiger partial charge on any atom is 0.339 e. The van der Waals surface area contributed by atoms with Crippen LogP contribution >= 0.6 is 15.9 Å². The van der Waals surface area contributed by atoms with Crippen LogP contribution in [0.4, 0.5) is 0 Å². The van der Waals surface area contributed by atoms with Crippen molar-refractivity contribution in [2.75, 3.05) is 7.11 Å². The highest BCUT2D eigenvalue weighted by atomic mass is 79.9. The number of halogens is 1. The van der Waals surface area contributed by atoms with Crippen LogP contribution < -0.4 is 0 Å². The van der Waals surface area contributed by atoms with Crippen LogP contribution in [0.1, 0.15) is 27.4 Å². The largest absolute Gasteiger partial charge is 0.465 e. The predicted molar refractivity (Wildman–Crippen MR) is 89.0 cm³/mol. The van der Waals surface area contributed by atoms with Crippen LogP contribution in [0.2, 0.25) is 0 Å². The Labute approximate surface area is 142 Å². The number of benzene rings is 2. The van der Waals surface area contributed by atoms with Crippen molar-refractivity contribution in [3.63, 3.8) is 0 Å². The third kappa shape index (κ3) is 3.85. The van der Waals surface area contributed by atoms with E-state index in [1.54, 1.807) is 18.2 Å². The number of nitriles is 1. The minimum atomic E-state index is -0.950. The molecule has 2 aromatic rings. The summed E-state index contributed by atoms with van der Waals surface area (Å²) in [5.74, 6) is -1.69. The Morgan fingerprint density at radius 1 is 1.17 bits per heavy atom. The highest BCUT2D eigenvalue weighted by Crippen LogP contribution is 2.30. The highest BCUT2D eigenvalue weighted by molar-refractivity contribution is 9.10. The molecule has 0 fully saturated rings. The Hall–Kier alpha value is -2.45. The van der Waals surface area contributed by atoms with Gasteiger partial charge in [-0.3, -0.25) is 4.79 Å². The van der Waals surface area contributed by atoms with E-state index in [9.17, 15) is 14.9 Å². The van der Waals surface area contributed by atoms with E-state index in [4.69, 9.17) is 4.74 Å². The SMILES string of the molecule is COC(=O)c1cccc(C(C#N)C(=O)Cc2ccccc2)c1Br. The van der Waals surface area contributed by atoms with Gasteiger partial charge in [0.2, 0.25) is 0 Å². The number of Topliss-reactive ketones (excluding diaryl/α,β-unsaturated/α-hetero) is 1. The molecule has 2 aromatic carbocycles. The molecule has 0 heterocycles. The number of ketones is 1. The fraction of sp³-hybridized carbons (Fsp3) is 0.167. The van der Waals surface area contributed by atoms with Gasteiger partial charge in [0.15, 0.2) is 5.78 Å². The molecule has 5 heteroatoms. The Balaban J connectivity index is 2.33. The molecule has 4 nitrogen and oxygen atoms in total. The molecular formula is C18H14BrNO3. The van der Waals surface area contributed by atoms with E-state index in [1.165, 1.54) is 7.11 Å². The first kappa shape index (κ1) is 16.9. The first-order valence-electron chi connectivity index (χ1n) is 6.91. The summed E-state index contributed by atoms with van der Waals surface area (Å²) in [6.45, 7) is 0. The maximum atomic E-state index is 12.5. The molecule has 0 aromatic heterocycles. The second-order valence-electron chi connectivity index (χ2n) is 4.89. The number of ether oxygens (including phenoxy) is 1. The van der Waals surface area contributed by atoms with Crippen molar-refractivity contribution < 1.29 is 14.3 Å². The van der Waals surface area contributed by atoms with E-state index in [0.29, 0.717) is 10.0 Å². The zero-order chi connectivity index (χ0) is 16.8. The molecule has 0 radical (unpaired) electrons. The van der Waals surface area contributed by atoms with Gasteiger partial charge >= 0.3 is 5.97 Å². The molecule has 0 aliphatic rings. The maximum absolute atomic E-state index is 12.5. The molecule has 1 unspecified atom stereocenters. The Morgan fingerprint density at radius 3 is 2.48 bits per heavy atom. The van der Waals surface area contributed by atoms with Gasteiger partial charge in [-0.25, -0.2) is 4.79 Å². The van der Waals surface area contributed by atoms with Gasteiger partial charge in [0, 0.05) is 10.9 Å². The second kappa shape index (κ2) is 7.70. The first-order chi connectivity index (χ1) is 11.1. The zero-order valence-corrected chi connectivity index (χ0v) is 14.0. The van der Waals surface area contributed by atoms with E-state index < -0.39 is 11.9 Å². The number of esters is 1. The van der Waals surface area contributed by atoms with Gasteiger partial charge in [-0.05, 0) is 33.1 Å². The van der Waals surface area contributed by atoms with Crippen LogP contribution in [0.3, 0.4) is 0 Å². The molecule has 0 bridgehead atoms. The summed E-state index contributed by atoms with van der Waals surface area (Å²) < 4.78 is 5.12. The van der Waals surface area contributed by atoms with Crippen molar-refractivity contribution in [3.05, 3.63) is 69.7 Å². The number of hydrogen-bond donors (Lipinski definition) is 0. The van der Waals surface area contributed by atoms with Crippen molar-refractivity contribution in [2.45, 2.75) is 12.3 Å². The third-order valence-electron chi connectivity index (χ3n) is 3.42. The highest BCUT2D eigenvalue weighted by Gasteiger charge is 2.25. The molecule has 116 valence electrons. The quantitative estimate of drug-likeness (QED) is 0.752. The lowest BCUT2D eigenvalue weighted by Crippen LogP contribution is -2.15. The van der Waals surface area contributed by atoms with E-state index >= 15 is 0 Å². The molecule has 0 saturated carbocycles. The third-order valence-corrected chi connectivity index (χ3v) is 4.30. The smallest absolute Gasteiger partial charge is 0.339 e. The number of rotatable bonds is 5. The van der Waals surface area contributed by atoms with Crippen molar-refractivity contribution in [1.82, 2.24) is 0 Å². The lowest BCUT2D eigenvalue weighted by atomic mass is 9.91. The Kier molecular flexibility index (Phi) is 5.67. The minimum absolute atomic E-state index is 0.161. The van der Waals surface area contributed by atoms with Gasteiger partial charge in [-0.15, -0.1) is 0 Å². The zero-order valence-electron chi connectivity index (χ0n) is 12.5. The molecule has 0 aliphatic heterocycles. The van der Waals surface area contributed by atoms with Gasteiger partial charge in [-0.2, -0.15) is 5.26 Å². The first-order valence-corrected chi connectivity index (χ1v) is 7.70. The topological polar surface area (TPSA) is 67.2 Å². The van der Waals surface area contributed by atoms with Crippen LogP contribution in [0, 0.1) is 11.3 Å². The monoisotopic (exact) mass is 371 g/mol. The van der Waals surface area contributed by atoms with E-state index in [-0.39, 0.29) is 17.8 Å². The van der Waals surface area contributed by atoms with Crippen molar-refractivity contribution in [1.29, 1.82) is 5.26 Å². The van der Waals surface area contributed by atoms with Gasteiger partial charge < -0.3 is 4.74 Å². The molecule has 1 atom stereocenters. The summed E-state index contributed by atoms with van der Waals surface area (Å²) in [4.78, 5) is 24.2. The predicted octanol–water partition coefficient (Wildman–Crippen LogP) is 3.65. The van der Waals surface area contributed by atoms with Gasteiger partial charge in [0.25, 0.3) is 0 Å². The lowest BCUT2D eigenvalue weighted by molar-refractivity contribution is -0.118. The fourth-order valence-corrected chi connectivity index (χ4v) is 2.91. The number of nitrogens with zero attached hydrogens (tertiary/aromatic N) is 1. The molecular weight excluding hydrogens is 358 g/mol. The van der Waals surface area contributed by atoms with Gasteiger partial charge in [0.05, 0.1) is 18.7 Å². The Morgan fingerprint density at radius 2 is 1.87 bits per heavy atom. The molecule has 0 spiro atoms. The average Bonchev–Trinajstić information content (AvgIpc) is 2.57. The summed E-state index contributed by atoms with van der Waals surface area (Å²) in [6, 6.07) is 16.1. The number of carbonyl (C=O) groups is 2. The Bertz CT molecular complexity index is 766.